The molecule has 0 saturated heterocycles. The SMILES string of the molecule is CNc1ccc(Oc2ccnc3cc(OS(=O)(=O)O)c(OC)cc23)cc1.O=CC1(C(=O)O)CC1. The van der Waals surface area contributed by atoms with Crippen LogP contribution in [0, 0.1) is 5.41 Å². The second-order valence-corrected chi connectivity index (χ2v) is 8.32. The van der Waals surface area contributed by atoms with E-state index in [1.807, 2.05) is 31.3 Å². The first-order valence-corrected chi connectivity index (χ1v) is 11.3. The third-order valence-electron chi connectivity index (χ3n) is 4.99. The number of fused-ring (bicyclic) bond motifs is 1. The number of nitrogens with one attached hydrogen (secondary N) is 1. The summed E-state index contributed by atoms with van der Waals surface area (Å²) in [5.41, 5.74) is 0.388. The molecule has 0 radical (unpaired) electrons. The summed E-state index contributed by atoms with van der Waals surface area (Å²) in [6.07, 6.45) is 3.08. The fourth-order valence-corrected chi connectivity index (χ4v) is 3.25. The largest absolute Gasteiger partial charge is 0.493 e. The molecule has 1 aliphatic rings. The van der Waals surface area contributed by atoms with Crippen molar-refractivity contribution in [2.75, 3.05) is 19.5 Å². The van der Waals surface area contributed by atoms with E-state index < -0.39 is 21.8 Å². The smallest absolute Gasteiger partial charge is 0.446 e. The Hall–Kier alpha value is -3.90. The van der Waals surface area contributed by atoms with Crippen molar-refractivity contribution in [1.82, 2.24) is 4.98 Å². The average Bonchev–Trinajstić information content (AvgIpc) is 3.60. The van der Waals surface area contributed by atoms with Crippen LogP contribution in [-0.2, 0) is 20.0 Å². The minimum Gasteiger partial charge on any atom is -0.493 e. The number of hydrogen-bond acceptors (Lipinski definition) is 9. The van der Waals surface area contributed by atoms with Crippen molar-refractivity contribution < 1.29 is 41.3 Å². The molecule has 2 aromatic carbocycles. The predicted octanol–water partition coefficient (Wildman–Crippen LogP) is 3.31. The molecule has 0 spiro atoms. The number of methoxy groups -OCH3 is 1. The number of benzene rings is 2. The zero-order chi connectivity index (χ0) is 24.9. The normalized spacial score (nSPS) is 13.7. The van der Waals surface area contributed by atoms with Crippen molar-refractivity contribution in [2.45, 2.75) is 12.8 Å². The van der Waals surface area contributed by atoms with Crippen LogP contribution in [0.25, 0.3) is 10.9 Å². The number of nitrogens with zero attached hydrogens (tertiary/aromatic N) is 1. The van der Waals surface area contributed by atoms with Gasteiger partial charge in [0.25, 0.3) is 0 Å². The first-order valence-electron chi connectivity index (χ1n) is 9.90. The zero-order valence-electron chi connectivity index (χ0n) is 18.2. The van der Waals surface area contributed by atoms with Gasteiger partial charge in [0.05, 0.1) is 12.6 Å². The van der Waals surface area contributed by atoms with Crippen LogP contribution in [0.4, 0.5) is 5.69 Å². The molecule has 180 valence electrons. The topological polar surface area (TPSA) is 161 Å². The van der Waals surface area contributed by atoms with Gasteiger partial charge in [-0.25, -0.2) is 0 Å². The van der Waals surface area contributed by atoms with Gasteiger partial charge in [-0.05, 0) is 49.2 Å². The zero-order valence-corrected chi connectivity index (χ0v) is 19.0. The van der Waals surface area contributed by atoms with Crippen LogP contribution in [0.15, 0.2) is 48.7 Å². The fraction of sp³-hybridized carbons (Fsp3) is 0.227. The van der Waals surface area contributed by atoms with Gasteiger partial charge in [0, 0.05) is 30.4 Å². The maximum absolute atomic E-state index is 11.0. The molecule has 1 aliphatic carbocycles. The van der Waals surface area contributed by atoms with Gasteiger partial charge in [-0.3, -0.25) is 14.3 Å². The van der Waals surface area contributed by atoms with Crippen molar-refractivity contribution in [3.63, 3.8) is 0 Å². The number of carbonyl (C=O) groups excluding carboxylic acids is 1. The molecule has 3 aromatic rings. The highest BCUT2D eigenvalue weighted by Crippen LogP contribution is 2.43. The van der Waals surface area contributed by atoms with Gasteiger partial charge in [-0.1, -0.05) is 0 Å². The Bertz CT molecular complexity index is 1300. The minimum absolute atomic E-state index is 0.110. The Morgan fingerprint density at radius 1 is 1.12 bits per heavy atom. The number of ether oxygens (including phenoxy) is 2. The molecule has 12 heteroatoms. The number of anilines is 1. The number of aromatic nitrogens is 1. The third-order valence-corrected chi connectivity index (χ3v) is 5.38. The minimum atomic E-state index is -4.69. The second kappa shape index (κ2) is 9.93. The molecule has 0 unspecified atom stereocenters. The Labute approximate surface area is 195 Å². The number of carboxylic acid groups (broad SMARTS) is 1. The van der Waals surface area contributed by atoms with E-state index in [9.17, 15) is 18.0 Å². The number of aldehydes is 1. The standard InChI is InChI=1S/C17H16N2O6S.C5H6O3/c1-18-11-3-5-12(6-4-11)24-15-7-8-19-14-10-17(25-26(20,21)22)16(23-2)9-13(14)15;6-3-5(1-2-5)4(7)8/h3-10,18H,1-2H3,(H,20,21,22);3H,1-2H2,(H,7,8). The van der Waals surface area contributed by atoms with Gasteiger partial charge < -0.3 is 28.9 Å². The summed E-state index contributed by atoms with van der Waals surface area (Å²) in [6.45, 7) is 0. The molecule has 11 nitrogen and oxygen atoms in total. The van der Waals surface area contributed by atoms with Crippen LogP contribution >= 0.6 is 0 Å². The van der Waals surface area contributed by atoms with Crippen LogP contribution in [0.1, 0.15) is 12.8 Å². The molecule has 0 aliphatic heterocycles. The number of carbonyl (C=O) groups is 2. The van der Waals surface area contributed by atoms with Gasteiger partial charge in [0.15, 0.2) is 11.5 Å². The second-order valence-electron chi connectivity index (χ2n) is 7.30. The molecule has 0 amide bonds. The van der Waals surface area contributed by atoms with E-state index >= 15 is 0 Å². The molecular formula is C22H22N2O9S. The molecule has 1 saturated carbocycles. The predicted molar refractivity (Wildman–Crippen MR) is 122 cm³/mol. The molecule has 3 N–H and O–H groups in total. The van der Waals surface area contributed by atoms with E-state index in [0.717, 1.165) is 5.69 Å². The average molecular weight is 490 g/mol. The van der Waals surface area contributed by atoms with Crippen molar-refractivity contribution in [3.05, 3.63) is 48.7 Å². The van der Waals surface area contributed by atoms with Crippen LogP contribution < -0.4 is 19.0 Å². The Morgan fingerprint density at radius 2 is 1.79 bits per heavy atom. The van der Waals surface area contributed by atoms with Gasteiger partial charge >= 0.3 is 16.4 Å². The number of pyridine rings is 1. The van der Waals surface area contributed by atoms with Crippen LogP contribution in [-0.4, -0.2) is 49.5 Å². The monoisotopic (exact) mass is 490 g/mol. The van der Waals surface area contributed by atoms with Crippen molar-refractivity contribution in [1.29, 1.82) is 0 Å². The highest BCUT2D eigenvalue weighted by Gasteiger charge is 2.50. The summed E-state index contributed by atoms with van der Waals surface area (Å²) in [7, 11) is -1.51. The van der Waals surface area contributed by atoms with Crippen LogP contribution in [0.2, 0.25) is 0 Å². The van der Waals surface area contributed by atoms with Crippen LogP contribution in [0.5, 0.6) is 23.0 Å². The fourth-order valence-electron chi connectivity index (χ4n) is 2.89. The summed E-state index contributed by atoms with van der Waals surface area (Å²) in [4.78, 5) is 24.2. The van der Waals surface area contributed by atoms with Crippen molar-refractivity contribution >= 4 is 39.2 Å². The lowest BCUT2D eigenvalue weighted by Crippen LogP contribution is -2.15. The molecule has 0 atom stereocenters. The number of hydrogen-bond donors (Lipinski definition) is 3. The van der Waals surface area contributed by atoms with Crippen molar-refractivity contribution in [2.24, 2.45) is 5.41 Å². The lowest BCUT2D eigenvalue weighted by atomic mass is 10.1. The highest BCUT2D eigenvalue weighted by atomic mass is 32.3. The number of aliphatic carboxylic acids is 1. The molecule has 1 heterocycles. The lowest BCUT2D eigenvalue weighted by molar-refractivity contribution is -0.145. The first kappa shape index (κ1) is 24.7. The number of carboxylic acids is 1. The molecule has 1 aromatic heterocycles. The van der Waals surface area contributed by atoms with E-state index in [1.54, 1.807) is 6.07 Å². The summed E-state index contributed by atoms with van der Waals surface area (Å²) in [5, 5.41) is 11.9. The summed E-state index contributed by atoms with van der Waals surface area (Å²) in [5.74, 6) is 0.0779. The maximum atomic E-state index is 11.0. The van der Waals surface area contributed by atoms with Gasteiger partial charge in [0.2, 0.25) is 0 Å². The van der Waals surface area contributed by atoms with Crippen molar-refractivity contribution in [3.8, 4) is 23.0 Å². The van der Waals surface area contributed by atoms with E-state index in [-0.39, 0.29) is 11.5 Å². The third kappa shape index (κ3) is 5.91. The number of rotatable bonds is 8. The van der Waals surface area contributed by atoms with E-state index in [0.29, 0.717) is 41.5 Å². The summed E-state index contributed by atoms with van der Waals surface area (Å²) in [6, 6.07) is 11.9. The Morgan fingerprint density at radius 3 is 2.26 bits per heavy atom. The van der Waals surface area contributed by atoms with E-state index in [1.165, 1.54) is 25.4 Å². The molecular weight excluding hydrogens is 468 g/mol. The van der Waals surface area contributed by atoms with E-state index in [2.05, 4.69) is 14.5 Å². The van der Waals surface area contributed by atoms with Gasteiger partial charge in [0.1, 0.15) is 23.2 Å². The lowest BCUT2D eigenvalue weighted by Gasteiger charge is -2.12. The molecule has 4 rings (SSSR count). The Kier molecular flexibility index (Phi) is 7.23. The Balaban J connectivity index is 0.000000343. The maximum Gasteiger partial charge on any atom is 0.446 e. The quantitative estimate of drug-likeness (QED) is 0.241. The van der Waals surface area contributed by atoms with E-state index in [4.69, 9.17) is 19.1 Å². The first-order chi connectivity index (χ1) is 16.1. The van der Waals surface area contributed by atoms with Gasteiger partial charge in [-0.15, -0.1) is 0 Å². The van der Waals surface area contributed by atoms with Crippen LogP contribution in [0.3, 0.4) is 0 Å². The summed E-state index contributed by atoms with van der Waals surface area (Å²) >= 11 is 0. The van der Waals surface area contributed by atoms with Gasteiger partial charge in [-0.2, -0.15) is 8.42 Å². The molecule has 34 heavy (non-hydrogen) atoms. The highest BCUT2D eigenvalue weighted by molar-refractivity contribution is 7.81. The molecule has 0 bridgehead atoms. The summed E-state index contributed by atoms with van der Waals surface area (Å²) < 4.78 is 46.5. The molecule has 1 fully saturated rings.